The summed E-state index contributed by atoms with van der Waals surface area (Å²) in [4.78, 5) is 27.7. The normalized spacial score (nSPS) is 17.2. The highest BCUT2D eigenvalue weighted by atomic mass is 16.6. The summed E-state index contributed by atoms with van der Waals surface area (Å²) in [6.07, 6.45) is 0.759. The molecule has 3 heterocycles. The molecular weight excluding hydrogens is 260 g/mol. The van der Waals surface area contributed by atoms with Gasteiger partial charge in [0.1, 0.15) is 5.39 Å². The topological polar surface area (TPSA) is 74.3 Å². The molecule has 0 amide bonds. The number of ether oxygens (including phenoxy) is 1. The van der Waals surface area contributed by atoms with Gasteiger partial charge in [-0.1, -0.05) is 18.2 Å². The van der Waals surface area contributed by atoms with Crippen molar-refractivity contribution in [2.75, 3.05) is 0 Å². The Bertz CT molecular complexity index is 893. The number of nitrogens with zero attached hydrogens (tertiary/aromatic N) is 2. The molecule has 6 heteroatoms. The molecule has 1 atom stereocenters. The van der Waals surface area contributed by atoms with Crippen LogP contribution in [0, 0.1) is 0 Å². The number of benzene rings is 1. The minimum Gasteiger partial charge on any atom is -0.430 e. The van der Waals surface area contributed by atoms with Crippen molar-refractivity contribution in [1.82, 2.24) is 9.72 Å². The van der Waals surface area contributed by atoms with Crippen LogP contribution >= 0.6 is 0 Å². The monoisotopic (exact) mass is 268 g/mol. The molecule has 20 heavy (non-hydrogen) atoms. The molecule has 0 spiro atoms. The summed E-state index contributed by atoms with van der Waals surface area (Å²) >= 11 is 0. The number of pyridine rings is 1. The maximum atomic E-state index is 11.8. The highest BCUT2D eigenvalue weighted by Gasteiger charge is 2.34. The van der Waals surface area contributed by atoms with Gasteiger partial charge in [0.25, 0.3) is 0 Å². The van der Waals surface area contributed by atoms with E-state index in [2.05, 4.69) is 4.98 Å². The molecule has 0 saturated heterocycles. The van der Waals surface area contributed by atoms with Crippen molar-refractivity contribution in [2.45, 2.75) is 6.23 Å². The zero-order valence-corrected chi connectivity index (χ0v) is 10.1. The summed E-state index contributed by atoms with van der Waals surface area (Å²) in [5.41, 5.74) is 0.974. The molecule has 3 aromatic rings. The number of esters is 1. The lowest BCUT2D eigenvalue weighted by Crippen LogP contribution is -2.10. The van der Waals surface area contributed by atoms with Gasteiger partial charge in [-0.25, -0.2) is 14.6 Å². The molecule has 98 valence electrons. The van der Waals surface area contributed by atoms with Gasteiger partial charge in [0.15, 0.2) is 5.65 Å². The van der Waals surface area contributed by atoms with E-state index in [-0.39, 0.29) is 0 Å². The van der Waals surface area contributed by atoms with E-state index >= 15 is 0 Å². The molecule has 1 aliphatic heterocycles. The quantitative estimate of drug-likeness (QED) is 0.628. The Morgan fingerprint density at radius 3 is 2.85 bits per heavy atom. The third-order valence-electron chi connectivity index (χ3n) is 3.28. The van der Waals surface area contributed by atoms with Gasteiger partial charge in [0.2, 0.25) is 6.23 Å². The van der Waals surface area contributed by atoms with Crippen molar-refractivity contribution >= 4 is 17.0 Å². The summed E-state index contributed by atoms with van der Waals surface area (Å²) in [5, 5.41) is 0.355. The molecule has 0 N–H and O–H groups in total. The van der Waals surface area contributed by atoms with E-state index < -0.39 is 17.8 Å². The van der Waals surface area contributed by atoms with E-state index in [1.165, 1.54) is 4.74 Å². The molecule has 4 rings (SSSR count). The maximum Gasteiger partial charge on any atom is 0.367 e. The second-order valence-electron chi connectivity index (χ2n) is 4.42. The largest absolute Gasteiger partial charge is 0.430 e. The van der Waals surface area contributed by atoms with Crippen LogP contribution in [0.5, 0.6) is 0 Å². The molecule has 0 aliphatic carbocycles. The van der Waals surface area contributed by atoms with Crippen molar-refractivity contribution in [3.63, 3.8) is 0 Å². The first-order valence-electron chi connectivity index (χ1n) is 6.02. The van der Waals surface area contributed by atoms with E-state index in [0.29, 0.717) is 22.2 Å². The van der Waals surface area contributed by atoms with Crippen LogP contribution in [0.15, 0.2) is 51.9 Å². The minimum absolute atomic E-state index is 0.354. The summed E-state index contributed by atoms with van der Waals surface area (Å²) < 4.78 is 11.7. The predicted octanol–water partition coefficient (Wildman–Crippen LogP) is 1.71. The zero-order valence-electron chi connectivity index (χ0n) is 10.1. The van der Waals surface area contributed by atoms with Crippen LogP contribution in [0.1, 0.15) is 22.1 Å². The van der Waals surface area contributed by atoms with Gasteiger partial charge < -0.3 is 9.26 Å². The zero-order chi connectivity index (χ0) is 13.7. The smallest absolute Gasteiger partial charge is 0.367 e. The van der Waals surface area contributed by atoms with E-state index in [1.54, 1.807) is 42.6 Å². The lowest BCUT2D eigenvalue weighted by atomic mass is 10.1. The first-order valence-corrected chi connectivity index (χ1v) is 6.02. The van der Waals surface area contributed by atoms with Crippen molar-refractivity contribution in [3.05, 3.63) is 64.1 Å². The SMILES string of the molecule is O=C1OC(n2oc(=O)c3cccnc32)c2ccccc21. The molecule has 0 fully saturated rings. The van der Waals surface area contributed by atoms with Crippen LogP contribution in [0.3, 0.4) is 0 Å². The van der Waals surface area contributed by atoms with Crippen LogP contribution in [-0.2, 0) is 4.74 Å². The molecule has 1 aromatic carbocycles. The van der Waals surface area contributed by atoms with E-state index in [9.17, 15) is 9.59 Å². The molecule has 0 bridgehead atoms. The summed E-state index contributed by atoms with van der Waals surface area (Å²) in [7, 11) is 0. The van der Waals surface area contributed by atoms with Gasteiger partial charge >= 0.3 is 11.6 Å². The lowest BCUT2D eigenvalue weighted by molar-refractivity contribution is 0.00917. The van der Waals surface area contributed by atoms with Gasteiger partial charge in [-0.2, -0.15) is 0 Å². The van der Waals surface area contributed by atoms with Crippen LogP contribution in [0.2, 0.25) is 0 Å². The molecule has 0 saturated carbocycles. The average Bonchev–Trinajstić information content (AvgIpc) is 2.99. The Morgan fingerprint density at radius 2 is 1.95 bits per heavy atom. The first kappa shape index (κ1) is 11.0. The highest BCUT2D eigenvalue weighted by molar-refractivity contribution is 5.94. The Morgan fingerprint density at radius 1 is 1.10 bits per heavy atom. The van der Waals surface area contributed by atoms with Crippen molar-refractivity contribution < 1.29 is 14.1 Å². The number of carbonyl (C=O) groups excluding carboxylic acids is 1. The molecule has 1 unspecified atom stereocenters. The standard InChI is InChI=1S/C14H8N2O4/c17-13-9-5-2-1-4-8(9)12(19-13)16-11-10(14(18)20-16)6-3-7-15-11/h1-7,12H. The number of rotatable bonds is 1. The summed E-state index contributed by atoms with van der Waals surface area (Å²) in [6, 6.07) is 10.3. The second-order valence-corrected chi connectivity index (χ2v) is 4.42. The van der Waals surface area contributed by atoms with E-state index in [0.717, 1.165) is 0 Å². The predicted molar refractivity (Wildman–Crippen MR) is 68.3 cm³/mol. The Kier molecular flexibility index (Phi) is 2.09. The maximum absolute atomic E-state index is 11.8. The highest BCUT2D eigenvalue weighted by Crippen LogP contribution is 2.32. The number of hydrogen-bond acceptors (Lipinski definition) is 5. The fourth-order valence-electron chi connectivity index (χ4n) is 2.37. The fourth-order valence-corrected chi connectivity index (χ4v) is 2.37. The van der Waals surface area contributed by atoms with Gasteiger partial charge in [0.05, 0.1) is 5.56 Å². The molecule has 6 nitrogen and oxygen atoms in total. The summed E-state index contributed by atoms with van der Waals surface area (Å²) in [5.74, 6) is -0.439. The number of fused-ring (bicyclic) bond motifs is 2. The fraction of sp³-hybridized carbons (Fsp3) is 0.0714. The number of hydrogen-bond donors (Lipinski definition) is 0. The second kappa shape index (κ2) is 3.80. The molecule has 2 aromatic heterocycles. The number of carbonyl (C=O) groups is 1. The van der Waals surface area contributed by atoms with Gasteiger partial charge in [0, 0.05) is 11.8 Å². The first-order chi connectivity index (χ1) is 9.75. The lowest BCUT2D eigenvalue weighted by Gasteiger charge is -2.10. The van der Waals surface area contributed by atoms with Crippen LogP contribution in [-0.4, -0.2) is 15.7 Å². The molecule has 0 radical (unpaired) electrons. The van der Waals surface area contributed by atoms with Gasteiger partial charge in [-0.05, 0) is 18.2 Å². The average molecular weight is 268 g/mol. The van der Waals surface area contributed by atoms with Crippen molar-refractivity contribution in [3.8, 4) is 0 Å². The summed E-state index contributed by atoms with van der Waals surface area (Å²) in [6.45, 7) is 0. The Hall–Kier alpha value is -2.89. The molecule has 1 aliphatic rings. The van der Waals surface area contributed by atoms with Crippen LogP contribution in [0.25, 0.3) is 11.0 Å². The van der Waals surface area contributed by atoms with E-state index in [1.807, 2.05) is 0 Å². The van der Waals surface area contributed by atoms with Crippen LogP contribution < -0.4 is 5.63 Å². The Balaban J connectivity index is 1.98. The minimum atomic E-state index is -0.793. The van der Waals surface area contributed by atoms with Gasteiger partial charge in [-0.3, -0.25) is 0 Å². The van der Waals surface area contributed by atoms with Crippen molar-refractivity contribution in [1.29, 1.82) is 0 Å². The third kappa shape index (κ3) is 1.36. The Labute approximate surface area is 112 Å². The third-order valence-corrected chi connectivity index (χ3v) is 3.28. The van der Waals surface area contributed by atoms with Crippen molar-refractivity contribution in [2.24, 2.45) is 0 Å². The van der Waals surface area contributed by atoms with Gasteiger partial charge in [-0.15, -0.1) is 4.74 Å². The molecular formula is C14H8N2O4. The number of cyclic esters (lactones) is 1. The van der Waals surface area contributed by atoms with Crippen LogP contribution in [0.4, 0.5) is 0 Å². The number of aromatic nitrogens is 2. The van der Waals surface area contributed by atoms with E-state index in [4.69, 9.17) is 9.26 Å².